The molecule has 1 fully saturated rings. The van der Waals surface area contributed by atoms with Crippen molar-refractivity contribution >= 4 is 40.6 Å². The number of nitrogens with zero attached hydrogens (tertiary/aromatic N) is 1. The number of hydrogen-bond donors (Lipinski definition) is 1. The van der Waals surface area contributed by atoms with Crippen LogP contribution < -0.4 is 14.8 Å². The molecule has 0 unspecified atom stereocenters. The van der Waals surface area contributed by atoms with Gasteiger partial charge < -0.3 is 14.8 Å². The van der Waals surface area contributed by atoms with E-state index in [1.165, 1.54) is 6.08 Å². The summed E-state index contributed by atoms with van der Waals surface area (Å²) in [7, 11) is 0. The van der Waals surface area contributed by atoms with E-state index >= 15 is 0 Å². The van der Waals surface area contributed by atoms with E-state index in [0.29, 0.717) is 48.1 Å². The van der Waals surface area contributed by atoms with Crippen LogP contribution in [0.25, 0.3) is 6.08 Å². The summed E-state index contributed by atoms with van der Waals surface area (Å²) in [4.78, 5) is 38.1. The molecular weight excluding hydrogens is 454 g/mol. The normalized spacial score (nSPS) is 14.5. The fraction of sp³-hybridized carbons (Fsp3) is 0.174. The Kier molecular flexibility index (Phi) is 7.83. The Hall–Kier alpha value is -3.66. The first kappa shape index (κ1) is 24.0. The summed E-state index contributed by atoms with van der Waals surface area (Å²) < 4.78 is 37.8. The molecule has 1 heterocycles. The van der Waals surface area contributed by atoms with Crippen LogP contribution in [-0.2, 0) is 9.59 Å². The van der Waals surface area contributed by atoms with Crippen molar-refractivity contribution in [2.75, 3.05) is 25.1 Å². The number of benzene rings is 2. The second-order valence-electron chi connectivity index (χ2n) is 6.68. The predicted molar refractivity (Wildman–Crippen MR) is 121 cm³/mol. The lowest BCUT2D eigenvalue weighted by Crippen LogP contribution is -2.36. The number of nitrogens with one attached hydrogen (secondary N) is 1. The van der Waals surface area contributed by atoms with E-state index in [-0.39, 0.29) is 10.6 Å². The summed E-state index contributed by atoms with van der Waals surface area (Å²) in [6.07, 6.45) is 3.10. The van der Waals surface area contributed by atoms with Gasteiger partial charge in [-0.1, -0.05) is 18.7 Å². The monoisotopic (exact) mass is 474 g/mol. The summed E-state index contributed by atoms with van der Waals surface area (Å²) >= 11 is 0.677. The lowest BCUT2D eigenvalue weighted by atomic mass is 10.2. The van der Waals surface area contributed by atoms with Gasteiger partial charge in [0.1, 0.15) is 24.8 Å². The van der Waals surface area contributed by atoms with Gasteiger partial charge >= 0.3 is 0 Å². The molecule has 172 valence electrons. The molecule has 0 aliphatic carbocycles. The fourth-order valence-electron chi connectivity index (χ4n) is 2.86. The third-order valence-electron chi connectivity index (χ3n) is 4.30. The molecule has 0 radical (unpaired) electrons. The van der Waals surface area contributed by atoms with Crippen molar-refractivity contribution in [3.63, 3.8) is 0 Å². The molecule has 1 aliphatic rings. The number of carbonyl (C=O) groups is 3. The molecule has 0 bridgehead atoms. The SMILES string of the molecule is C=CCOc1ccc(/C=C2/SC(=O)N(CC(=O)Nc3ccc(F)cc3F)C2=O)cc1OCC. The first-order valence-corrected chi connectivity index (χ1v) is 10.6. The number of halogens is 2. The summed E-state index contributed by atoms with van der Waals surface area (Å²) in [5.41, 5.74) is 0.332. The zero-order valence-electron chi connectivity index (χ0n) is 17.6. The molecule has 1 N–H and O–H groups in total. The summed E-state index contributed by atoms with van der Waals surface area (Å²) in [5, 5.41) is 1.58. The number of carbonyl (C=O) groups excluding carboxylic acids is 3. The Morgan fingerprint density at radius 1 is 1.15 bits per heavy atom. The molecular formula is C23H20F2N2O5S. The maximum absolute atomic E-state index is 13.7. The van der Waals surface area contributed by atoms with Crippen LogP contribution in [0.2, 0.25) is 0 Å². The van der Waals surface area contributed by atoms with Gasteiger partial charge in [0.2, 0.25) is 5.91 Å². The quantitative estimate of drug-likeness (QED) is 0.422. The predicted octanol–water partition coefficient (Wildman–Crippen LogP) is 4.60. The van der Waals surface area contributed by atoms with Crippen LogP contribution in [-0.4, -0.2) is 41.7 Å². The van der Waals surface area contributed by atoms with E-state index in [0.717, 1.165) is 17.0 Å². The third-order valence-corrected chi connectivity index (χ3v) is 5.21. The van der Waals surface area contributed by atoms with Crippen LogP contribution in [0.4, 0.5) is 19.3 Å². The Labute approximate surface area is 193 Å². The van der Waals surface area contributed by atoms with E-state index < -0.39 is 35.2 Å². The minimum absolute atomic E-state index is 0.114. The standard InChI is InChI=1S/C23H20F2N2O5S/c1-3-9-32-18-8-5-14(10-19(18)31-4-2)11-20-22(29)27(23(30)33-20)13-21(28)26-17-7-6-15(24)12-16(17)25/h3,5-8,10-12H,1,4,9,13H2,2H3,(H,26,28)/b20-11+. The summed E-state index contributed by atoms with van der Waals surface area (Å²) in [6.45, 7) is 5.49. The molecule has 10 heteroatoms. The maximum atomic E-state index is 13.7. The highest BCUT2D eigenvalue weighted by atomic mass is 32.2. The average molecular weight is 474 g/mol. The van der Waals surface area contributed by atoms with Gasteiger partial charge in [0.25, 0.3) is 11.1 Å². The smallest absolute Gasteiger partial charge is 0.294 e. The van der Waals surface area contributed by atoms with Gasteiger partial charge in [0.15, 0.2) is 11.5 Å². The minimum Gasteiger partial charge on any atom is -0.490 e. The minimum atomic E-state index is -0.969. The van der Waals surface area contributed by atoms with Crippen LogP contribution in [0.3, 0.4) is 0 Å². The Morgan fingerprint density at radius 3 is 2.64 bits per heavy atom. The lowest BCUT2D eigenvalue weighted by molar-refractivity contribution is -0.127. The summed E-state index contributed by atoms with van der Waals surface area (Å²) in [6, 6.07) is 7.68. The molecule has 2 aromatic carbocycles. The summed E-state index contributed by atoms with van der Waals surface area (Å²) in [5.74, 6) is -2.26. The molecule has 1 aliphatic heterocycles. The molecule has 33 heavy (non-hydrogen) atoms. The highest BCUT2D eigenvalue weighted by Gasteiger charge is 2.36. The van der Waals surface area contributed by atoms with Crippen molar-refractivity contribution in [2.24, 2.45) is 0 Å². The number of hydrogen-bond acceptors (Lipinski definition) is 6. The average Bonchev–Trinajstić information content (AvgIpc) is 3.02. The van der Waals surface area contributed by atoms with Gasteiger partial charge in [-0.3, -0.25) is 19.3 Å². The number of imide groups is 1. The van der Waals surface area contributed by atoms with Crippen molar-refractivity contribution in [3.8, 4) is 11.5 Å². The van der Waals surface area contributed by atoms with Gasteiger partial charge in [-0.15, -0.1) is 0 Å². The fourth-order valence-corrected chi connectivity index (χ4v) is 3.70. The molecule has 3 amide bonds. The third kappa shape index (κ3) is 5.98. The zero-order chi connectivity index (χ0) is 24.0. The largest absolute Gasteiger partial charge is 0.490 e. The number of amides is 3. The number of ether oxygens (including phenoxy) is 2. The van der Waals surface area contributed by atoms with Crippen molar-refractivity contribution in [1.82, 2.24) is 4.90 Å². The molecule has 1 saturated heterocycles. The van der Waals surface area contributed by atoms with Gasteiger partial charge in [0, 0.05) is 6.07 Å². The second kappa shape index (κ2) is 10.8. The van der Waals surface area contributed by atoms with Crippen molar-refractivity contribution < 1.29 is 32.6 Å². The first-order valence-electron chi connectivity index (χ1n) is 9.83. The van der Waals surface area contributed by atoms with Gasteiger partial charge in [-0.05, 0) is 54.6 Å². The molecule has 0 spiro atoms. The molecule has 0 atom stereocenters. The highest BCUT2D eigenvalue weighted by Crippen LogP contribution is 2.34. The molecule has 3 rings (SSSR count). The van der Waals surface area contributed by atoms with E-state index in [1.807, 2.05) is 6.92 Å². The molecule has 0 saturated carbocycles. The van der Waals surface area contributed by atoms with Crippen molar-refractivity contribution in [1.29, 1.82) is 0 Å². The van der Waals surface area contributed by atoms with E-state index in [2.05, 4.69) is 11.9 Å². The van der Waals surface area contributed by atoms with Crippen LogP contribution in [0.5, 0.6) is 11.5 Å². The Morgan fingerprint density at radius 2 is 1.94 bits per heavy atom. The zero-order valence-corrected chi connectivity index (χ0v) is 18.4. The van der Waals surface area contributed by atoms with Crippen LogP contribution in [0.1, 0.15) is 12.5 Å². The van der Waals surface area contributed by atoms with Crippen molar-refractivity contribution in [2.45, 2.75) is 6.92 Å². The molecule has 7 nitrogen and oxygen atoms in total. The van der Waals surface area contributed by atoms with Gasteiger partial charge in [0.05, 0.1) is 17.2 Å². The highest BCUT2D eigenvalue weighted by molar-refractivity contribution is 8.18. The second-order valence-corrected chi connectivity index (χ2v) is 7.67. The Balaban J connectivity index is 1.73. The van der Waals surface area contributed by atoms with Gasteiger partial charge in [-0.2, -0.15) is 0 Å². The number of anilines is 1. The topological polar surface area (TPSA) is 84.9 Å². The van der Waals surface area contributed by atoms with Crippen LogP contribution in [0.15, 0.2) is 54.0 Å². The van der Waals surface area contributed by atoms with E-state index in [9.17, 15) is 23.2 Å². The Bertz CT molecular complexity index is 1140. The van der Waals surface area contributed by atoms with E-state index in [1.54, 1.807) is 24.3 Å². The lowest BCUT2D eigenvalue weighted by Gasteiger charge is -2.13. The first-order chi connectivity index (χ1) is 15.8. The van der Waals surface area contributed by atoms with Gasteiger partial charge in [-0.25, -0.2) is 8.78 Å². The van der Waals surface area contributed by atoms with E-state index in [4.69, 9.17) is 9.47 Å². The van der Waals surface area contributed by atoms with Crippen molar-refractivity contribution in [3.05, 3.63) is 71.2 Å². The molecule has 0 aromatic heterocycles. The van der Waals surface area contributed by atoms with Crippen LogP contribution >= 0.6 is 11.8 Å². The maximum Gasteiger partial charge on any atom is 0.294 e. The number of rotatable bonds is 9. The number of thioether (sulfide) groups is 1. The molecule has 2 aromatic rings. The van der Waals surface area contributed by atoms with Crippen LogP contribution in [0, 0.1) is 11.6 Å².